The summed E-state index contributed by atoms with van der Waals surface area (Å²) < 4.78 is 2.35. The lowest BCUT2D eigenvalue weighted by Crippen LogP contribution is -1.93. The van der Waals surface area contributed by atoms with Crippen molar-refractivity contribution in [3.05, 3.63) is 103 Å². The molecule has 1 heteroatoms. The first-order valence-corrected chi connectivity index (χ1v) is 8.97. The van der Waals surface area contributed by atoms with E-state index in [0.717, 1.165) is 0 Å². The summed E-state index contributed by atoms with van der Waals surface area (Å²) in [6.07, 6.45) is 0. The normalized spacial score (nSPS) is 11.3. The summed E-state index contributed by atoms with van der Waals surface area (Å²) in [5.41, 5.74) is 7.47. The number of hydrogen-bond donors (Lipinski definition) is 0. The van der Waals surface area contributed by atoms with Gasteiger partial charge in [0.25, 0.3) is 0 Å². The second-order valence-corrected chi connectivity index (χ2v) is 6.78. The first-order chi connectivity index (χ1) is 12.8. The summed E-state index contributed by atoms with van der Waals surface area (Å²) in [6.45, 7) is 2.12. The maximum atomic E-state index is 2.35. The van der Waals surface area contributed by atoms with Crippen molar-refractivity contribution in [2.45, 2.75) is 6.92 Å². The third-order valence-electron chi connectivity index (χ3n) is 5.09. The van der Waals surface area contributed by atoms with Gasteiger partial charge in [0, 0.05) is 16.5 Å². The lowest BCUT2D eigenvalue weighted by Gasteiger charge is -2.09. The highest BCUT2D eigenvalue weighted by atomic mass is 15.0. The average Bonchev–Trinajstić information content (AvgIpc) is 3.03. The van der Waals surface area contributed by atoms with Crippen LogP contribution in [0, 0.1) is 6.92 Å². The molecule has 0 unspecified atom stereocenters. The first-order valence-electron chi connectivity index (χ1n) is 8.97. The van der Waals surface area contributed by atoms with Gasteiger partial charge < -0.3 is 4.57 Å². The molecule has 5 aromatic rings. The van der Waals surface area contributed by atoms with Gasteiger partial charge in [-0.25, -0.2) is 0 Å². The van der Waals surface area contributed by atoms with Crippen LogP contribution in [0.5, 0.6) is 0 Å². The van der Waals surface area contributed by atoms with Crippen molar-refractivity contribution in [3.8, 4) is 16.8 Å². The van der Waals surface area contributed by atoms with Gasteiger partial charge in [-0.2, -0.15) is 0 Å². The van der Waals surface area contributed by atoms with E-state index in [-0.39, 0.29) is 0 Å². The van der Waals surface area contributed by atoms with Crippen LogP contribution in [0.3, 0.4) is 0 Å². The summed E-state index contributed by atoms with van der Waals surface area (Å²) in [6, 6.07) is 34.8. The Morgan fingerprint density at radius 1 is 0.500 bits per heavy atom. The Bertz CT molecular complexity index is 1160. The number of aromatic nitrogens is 1. The smallest absolute Gasteiger partial charge is 0.0541 e. The molecule has 0 aliphatic carbocycles. The van der Waals surface area contributed by atoms with Crippen molar-refractivity contribution < 1.29 is 0 Å². The fourth-order valence-corrected chi connectivity index (χ4v) is 3.75. The minimum absolute atomic E-state index is 1.19. The molecule has 0 amide bonds. The zero-order valence-corrected chi connectivity index (χ0v) is 14.7. The molecule has 1 aromatic heterocycles. The predicted molar refractivity (Wildman–Crippen MR) is 111 cm³/mol. The Hall–Kier alpha value is -3.32. The van der Waals surface area contributed by atoms with Crippen LogP contribution in [-0.2, 0) is 0 Å². The minimum Gasteiger partial charge on any atom is -0.309 e. The van der Waals surface area contributed by atoms with Gasteiger partial charge in [0.1, 0.15) is 0 Å². The molecule has 124 valence electrons. The van der Waals surface area contributed by atoms with Crippen molar-refractivity contribution in [1.29, 1.82) is 0 Å². The molecule has 26 heavy (non-hydrogen) atoms. The third-order valence-corrected chi connectivity index (χ3v) is 5.09. The first kappa shape index (κ1) is 15.0. The fourth-order valence-electron chi connectivity index (χ4n) is 3.75. The molecule has 0 spiro atoms. The lowest BCUT2D eigenvalue weighted by atomic mass is 10.0. The molecule has 0 atom stereocenters. The van der Waals surface area contributed by atoms with Crippen molar-refractivity contribution in [3.63, 3.8) is 0 Å². The zero-order chi connectivity index (χ0) is 17.5. The zero-order valence-electron chi connectivity index (χ0n) is 14.7. The molecule has 4 aromatic carbocycles. The highest BCUT2D eigenvalue weighted by Crippen LogP contribution is 2.32. The van der Waals surface area contributed by atoms with Gasteiger partial charge in [-0.1, -0.05) is 78.4 Å². The van der Waals surface area contributed by atoms with Crippen LogP contribution in [0.15, 0.2) is 97.1 Å². The van der Waals surface area contributed by atoms with Crippen LogP contribution in [0.1, 0.15) is 5.56 Å². The number of aryl methyl sites for hydroxylation is 1. The molecule has 1 heterocycles. The molecule has 0 saturated carbocycles. The largest absolute Gasteiger partial charge is 0.309 e. The Balaban J connectivity index is 1.69. The summed E-state index contributed by atoms with van der Waals surface area (Å²) in [5.74, 6) is 0. The fraction of sp³-hybridized carbons (Fsp3) is 0.0400. The lowest BCUT2D eigenvalue weighted by molar-refractivity contribution is 1.18. The molecular weight excluding hydrogens is 314 g/mol. The molecule has 0 bridgehead atoms. The third kappa shape index (κ3) is 2.33. The Kier molecular flexibility index (Phi) is 3.39. The number of para-hydroxylation sites is 2. The topological polar surface area (TPSA) is 4.93 Å². The van der Waals surface area contributed by atoms with Gasteiger partial charge in [-0.15, -0.1) is 0 Å². The van der Waals surface area contributed by atoms with E-state index in [1.54, 1.807) is 0 Å². The number of nitrogens with zero attached hydrogens (tertiary/aromatic N) is 1. The Labute approximate surface area is 153 Å². The summed E-state index contributed by atoms with van der Waals surface area (Å²) in [7, 11) is 0. The van der Waals surface area contributed by atoms with Gasteiger partial charge in [0.05, 0.1) is 11.0 Å². The highest BCUT2D eigenvalue weighted by molar-refractivity contribution is 6.09. The Morgan fingerprint density at radius 2 is 0.962 bits per heavy atom. The quantitative estimate of drug-likeness (QED) is 0.336. The number of benzene rings is 4. The van der Waals surface area contributed by atoms with Crippen molar-refractivity contribution in [2.75, 3.05) is 0 Å². The van der Waals surface area contributed by atoms with Gasteiger partial charge in [-0.05, 0) is 42.3 Å². The van der Waals surface area contributed by atoms with E-state index in [2.05, 4.69) is 109 Å². The van der Waals surface area contributed by atoms with E-state index in [9.17, 15) is 0 Å². The van der Waals surface area contributed by atoms with E-state index in [1.165, 1.54) is 44.2 Å². The number of hydrogen-bond acceptors (Lipinski definition) is 0. The van der Waals surface area contributed by atoms with E-state index >= 15 is 0 Å². The van der Waals surface area contributed by atoms with Crippen LogP contribution in [0.25, 0.3) is 38.6 Å². The Morgan fingerprint density at radius 3 is 1.50 bits per heavy atom. The van der Waals surface area contributed by atoms with Crippen LogP contribution in [0.2, 0.25) is 0 Å². The number of fused-ring (bicyclic) bond motifs is 3. The highest BCUT2D eigenvalue weighted by Gasteiger charge is 2.11. The van der Waals surface area contributed by atoms with Crippen LogP contribution in [-0.4, -0.2) is 4.57 Å². The van der Waals surface area contributed by atoms with E-state index in [4.69, 9.17) is 0 Å². The molecular formula is C25H19N. The minimum atomic E-state index is 1.19. The summed E-state index contributed by atoms with van der Waals surface area (Å²) in [5, 5.41) is 2.59. The maximum Gasteiger partial charge on any atom is 0.0541 e. The van der Waals surface area contributed by atoms with Gasteiger partial charge in [0.15, 0.2) is 0 Å². The maximum absolute atomic E-state index is 2.35. The van der Waals surface area contributed by atoms with Gasteiger partial charge >= 0.3 is 0 Å². The molecule has 0 aliphatic rings. The van der Waals surface area contributed by atoms with Gasteiger partial charge in [-0.3, -0.25) is 0 Å². The van der Waals surface area contributed by atoms with Crippen molar-refractivity contribution in [1.82, 2.24) is 4.57 Å². The van der Waals surface area contributed by atoms with Gasteiger partial charge in [0.2, 0.25) is 0 Å². The van der Waals surface area contributed by atoms with Crippen LogP contribution >= 0.6 is 0 Å². The average molecular weight is 333 g/mol. The van der Waals surface area contributed by atoms with E-state index < -0.39 is 0 Å². The van der Waals surface area contributed by atoms with E-state index in [0.29, 0.717) is 0 Å². The van der Waals surface area contributed by atoms with Crippen molar-refractivity contribution >= 4 is 21.8 Å². The van der Waals surface area contributed by atoms with Crippen molar-refractivity contribution in [2.24, 2.45) is 0 Å². The predicted octanol–water partition coefficient (Wildman–Crippen LogP) is 6.76. The molecule has 0 radical (unpaired) electrons. The molecule has 0 fully saturated rings. The second kappa shape index (κ2) is 5.89. The van der Waals surface area contributed by atoms with Crippen LogP contribution in [0.4, 0.5) is 0 Å². The summed E-state index contributed by atoms with van der Waals surface area (Å²) in [4.78, 5) is 0. The molecule has 5 rings (SSSR count). The number of rotatable bonds is 2. The monoisotopic (exact) mass is 333 g/mol. The molecule has 1 nitrogen and oxygen atoms in total. The molecule has 0 saturated heterocycles. The van der Waals surface area contributed by atoms with E-state index in [1.807, 2.05) is 0 Å². The molecule has 0 aliphatic heterocycles. The summed E-state index contributed by atoms with van der Waals surface area (Å²) >= 11 is 0. The molecule has 0 N–H and O–H groups in total. The standard InChI is InChI=1S/C25H19N/c1-18-10-12-19(13-11-18)20-14-16-21(17-15-20)26-24-8-4-2-6-22(24)23-7-3-5-9-25(23)26/h2-17H,1H3. The SMILES string of the molecule is Cc1ccc(-c2ccc(-n3c4ccccc4c4ccccc43)cc2)cc1. The second-order valence-electron chi connectivity index (χ2n) is 6.78. The van der Waals surface area contributed by atoms with Crippen LogP contribution < -0.4 is 0 Å².